The van der Waals surface area contributed by atoms with Gasteiger partial charge in [0.25, 0.3) is 5.91 Å². The van der Waals surface area contributed by atoms with Gasteiger partial charge in [-0.2, -0.15) is 0 Å². The molecule has 1 fully saturated rings. The van der Waals surface area contributed by atoms with Crippen molar-refractivity contribution in [2.75, 3.05) is 23.9 Å². The number of hydrogen-bond acceptors (Lipinski definition) is 4. The van der Waals surface area contributed by atoms with E-state index in [1.54, 1.807) is 36.4 Å². The van der Waals surface area contributed by atoms with Crippen molar-refractivity contribution in [1.29, 1.82) is 0 Å². The van der Waals surface area contributed by atoms with Gasteiger partial charge in [-0.05, 0) is 55.3 Å². The van der Waals surface area contributed by atoms with E-state index in [1.165, 1.54) is 10.7 Å². The Labute approximate surface area is 204 Å². The van der Waals surface area contributed by atoms with Crippen LogP contribution < -0.4 is 16.1 Å². The van der Waals surface area contributed by atoms with Gasteiger partial charge in [0, 0.05) is 28.6 Å². The minimum absolute atomic E-state index is 0.0681. The molecule has 0 unspecified atom stereocenters. The minimum Gasteiger partial charge on any atom is -0.376 e. The smallest absolute Gasteiger partial charge is 0.328 e. The first-order chi connectivity index (χ1) is 15.8. The van der Waals surface area contributed by atoms with Crippen LogP contribution in [-0.2, 0) is 14.3 Å². The van der Waals surface area contributed by atoms with Crippen molar-refractivity contribution in [3.63, 3.8) is 0 Å². The molecule has 33 heavy (non-hydrogen) atoms. The summed E-state index contributed by atoms with van der Waals surface area (Å²) in [7, 11) is 0. The van der Waals surface area contributed by atoms with Crippen LogP contribution in [0.15, 0.2) is 42.5 Å². The first-order valence-corrected chi connectivity index (χ1v) is 11.2. The number of carbonyl (C=O) groups excluding carboxylic acids is 3. The number of amides is 3. The molecule has 1 atom stereocenters. The Morgan fingerprint density at radius 1 is 1.00 bits per heavy atom. The van der Waals surface area contributed by atoms with E-state index >= 15 is 0 Å². The molecule has 11 heteroatoms. The molecule has 172 valence electrons. The number of aromatic nitrogens is 1. The maximum atomic E-state index is 13.1. The Morgan fingerprint density at radius 2 is 1.76 bits per heavy atom. The average Bonchev–Trinajstić information content (AvgIpc) is 3.42. The Bertz CT molecular complexity index is 1240. The number of nitrogens with one attached hydrogen (secondary N) is 3. The van der Waals surface area contributed by atoms with E-state index in [2.05, 4.69) is 16.1 Å². The van der Waals surface area contributed by atoms with Crippen LogP contribution in [-0.4, -0.2) is 41.7 Å². The molecule has 1 aromatic heterocycles. The lowest BCUT2D eigenvalue weighted by Gasteiger charge is -2.14. The minimum atomic E-state index is -0.931. The second kappa shape index (κ2) is 10.0. The molecule has 0 aliphatic carbocycles. The molecule has 3 amide bonds. The highest BCUT2D eigenvalue weighted by molar-refractivity contribution is 6.38. The number of anilines is 1. The lowest BCUT2D eigenvalue weighted by Crippen LogP contribution is -2.42. The van der Waals surface area contributed by atoms with Gasteiger partial charge in [0.15, 0.2) is 0 Å². The van der Waals surface area contributed by atoms with Gasteiger partial charge >= 0.3 is 11.8 Å². The molecule has 0 radical (unpaired) electrons. The van der Waals surface area contributed by atoms with Gasteiger partial charge in [-0.15, -0.1) is 0 Å². The summed E-state index contributed by atoms with van der Waals surface area (Å²) in [4.78, 5) is 37.9. The SMILES string of the molecule is O=C(NC[C@@H]1CCCO1)C(=O)Nn1c(C(=O)Nc2ccc(Cl)cc2Cl)cc2cc(Cl)ccc21. The second-order valence-electron chi connectivity index (χ2n) is 7.43. The van der Waals surface area contributed by atoms with Gasteiger partial charge in [-0.25, -0.2) is 4.68 Å². The quantitative estimate of drug-likeness (QED) is 0.448. The third kappa shape index (κ3) is 5.42. The summed E-state index contributed by atoms with van der Waals surface area (Å²) in [5.41, 5.74) is 3.37. The van der Waals surface area contributed by atoms with Gasteiger partial charge < -0.3 is 15.4 Å². The number of rotatable bonds is 5. The molecule has 1 saturated heterocycles. The first kappa shape index (κ1) is 23.4. The Balaban J connectivity index is 1.58. The van der Waals surface area contributed by atoms with Crippen LogP contribution in [0.3, 0.4) is 0 Å². The van der Waals surface area contributed by atoms with Crippen molar-refractivity contribution in [3.8, 4) is 0 Å². The van der Waals surface area contributed by atoms with E-state index in [0.717, 1.165) is 12.8 Å². The van der Waals surface area contributed by atoms with Crippen molar-refractivity contribution < 1.29 is 19.1 Å². The molecule has 1 aliphatic rings. The highest BCUT2D eigenvalue weighted by Gasteiger charge is 2.23. The lowest BCUT2D eigenvalue weighted by molar-refractivity contribution is -0.136. The van der Waals surface area contributed by atoms with Gasteiger partial charge in [-0.3, -0.25) is 19.8 Å². The van der Waals surface area contributed by atoms with E-state index in [4.69, 9.17) is 39.5 Å². The monoisotopic (exact) mass is 508 g/mol. The van der Waals surface area contributed by atoms with Crippen molar-refractivity contribution in [2.45, 2.75) is 18.9 Å². The van der Waals surface area contributed by atoms with E-state index in [9.17, 15) is 14.4 Å². The largest absolute Gasteiger partial charge is 0.376 e. The zero-order valence-electron chi connectivity index (χ0n) is 17.2. The molecular weight excluding hydrogens is 491 g/mol. The topological polar surface area (TPSA) is 101 Å². The fourth-order valence-corrected chi connectivity index (χ4v) is 4.13. The molecular formula is C22H19Cl3N4O4. The van der Waals surface area contributed by atoms with Crippen molar-refractivity contribution in [1.82, 2.24) is 9.99 Å². The van der Waals surface area contributed by atoms with Crippen molar-refractivity contribution >= 4 is 69.1 Å². The summed E-state index contributed by atoms with van der Waals surface area (Å²) in [6, 6.07) is 11.1. The van der Waals surface area contributed by atoms with E-state index < -0.39 is 17.7 Å². The van der Waals surface area contributed by atoms with Crippen LogP contribution in [0.25, 0.3) is 10.9 Å². The molecule has 0 saturated carbocycles. The maximum absolute atomic E-state index is 13.1. The molecule has 2 heterocycles. The third-order valence-electron chi connectivity index (χ3n) is 5.11. The summed E-state index contributed by atoms with van der Waals surface area (Å²) >= 11 is 18.2. The zero-order valence-corrected chi connectivity index (χ0v) is 19.4. The molecule has 3 N–H and O–H groups in total. The molecule has 3 aromatic rings. The number of ether oxygens (including phenoxy) is 1. The Morgan fingerprint density at radius 3 is 2.48 bits per heavy atom. The predicted molar refractivity (Wildman–Crippen MR) is 128 cm³/mol. The van der Waals surface area contributed by atoms with Gasteiger partial charge in [-0.1, -0.05) is 34.8 Å². The Kier molecular flexibility index (Phi) is 7.09. The van der Waals surface area contributed by atoms with E-state index in [0.29, 0.717) is 33.2 Å². The fraction of sp³-hybridized carbons (Fsp3) is 0.227. The highest BCUT2D eigenvalue weighted by Crippen LogP contribution is 2.27. The molecule has 0 spiro atoms. The lowest BCUT2D eigenvalue weighted by atomic mass is 10.2. The van der Waals surface area contributed by atoms with Crippen LogP contribution in [0.2, 0.25) is 15.1 Å². The highest BCUT2D eigenvalue weighted by atomic mass is 35.5. The number of nitrogens with zero attached hydrogens (tertiary/aromatic N) is 1. The summed E-state index contributed by atoms with van der Waals surface area (Å²) in [5.74, 6) is -2.33. The Hall–Kier alpha value is -2.78. The number of benzene rings is 2. The summed E-state index contributed by atoms with van der Waals surface area (Å²) < 4.78 is 6.68. The number of carbonyl (C=O) groups is 3. The first-order valence-electron chi connectivity index (χ1n) is 10.1. The zero-order chi connectivity index (χ0) is 23.5. The normalized spacial score (nSPS) is 15.4. The molecule has 4 rings (SSSR count). The summed E-state index contributed by atoms with van der Waals surface area (Å²) in [6.45, 7) is 0.872. The van der Waals surface area contributed by atoms with E-state index in [-0.39, 0.29) is 23.4 Å². The molecule has 0 bridgehead atoms. The molecule has 1 aliphatic heterocycles. The summed E-state index contributed by atoms with van der Waals surface area (Å²) in [5, 5.41) is 6.95. The van der Waals surface area contributed by atoms with E-state index in [1.807, 2.05) is 0 Å². The molecule has 2 aromatic carbocycles. The fourth-order valence-electron chi connectivity index (χ4n) is 3.50. The number of fused-ring (bicyclic) bond motifs is 1. The number of hydrogen-bond donors (Lipinski definition) is 3. The van der Waals surface area contributed by atoms with Gasteiger partial charge in [0.2, 0.25) is 0 Å². The second-order valence-corrected chi connectivity index (χ2v) is 8.71. The van der Waals surface area contributed by atoms with Crippen LogP contribution >= 0.6 is 34.8 Å². The van der Waals surface area contributed by atoms with Crippen LogP contribution in [0.4, 0.5) is 5.69 Å². The van der Waals surface area contributed by atoms with Gasteiger partial charge in [0.05, 0.1) is 22.3 Å². The van der Waals surface area contributed by atoms with Crippen LogP contribution in [0, 0.1) is 0 Å². The predicted octanol–water partition coefficient (Wildman–Crippen LogP) is 4.22. The van der Waals surface area contributed by atoms with Crippen LogP contribution in [0.5, 0.6) is 0 Å². The van der Waals surface area contributed by atoms with Gasteiger partial charge in [0.1, 0.15) is 5.69 Å². The number of halogens is 3. The van der Waals surface area contributed by atoms with Crippen molar-refractivity contribution in [3.05, 3.63) is 63.2 Å². The molecule has 8 nitrogen and oxygen atoms in total. The summed E-state index contributed by atoms with van der Waals surface area (Å²) in [6.07, 6.45) is 1.63. The van der Waals surface area contributed by atoms with Crippen molar-refractivity contribution in [2.24, 2.45) is 0 Å². The average molecular weight is 510 g/mol. The third-order valence-corrected chi connectivity index (χ3v) is 5.89. The van der Waals surface area contributed by atoms with Crippen LogP contribution in [0.1, 0.15) is 23.3 Å². The standard InChI is InChI=1S/C22H19Cl3N4O4/c23-13-4-6-18-12(8-13)9-19(20(30)27-17-5-3-14(24)10-16(17)25)29(18)28-22(32)21(31)26-11-15-2-1-7-33-15/h3-6,8-10,15H,1-2,7,11H2,(H,26,31)(H,27,30)(H,28,32)/t15-/m0/s1. The maximum Gasteiger partial charge on any atom is 0.328 e.